The third-order valence-corrected chi connectivity index (χ3v) is 2.64. The number of rotatable bonds is 3. The zero-order chi connectivity index (χ0) is 16.9. The molecule has 0 radical (unpaired) electrons. The SMILES string of the molecule is CC(=O)N(CCN)C(=O)C(=O)Nc1ccc(C(F)(F)F)cc1. The van der Waals surface area contributed by atoms with Gasteiger partial charge in [0.05, 0.1) is 5.56 Å². The van der Waals surface area contributed by atoms with Gasteiger partial charge in [0.1, 0.15) is 0 Å². The first kappa shape index (κ1) is 17.6. The van der Waals surface area contributed by atoms with Gasteiger partial charge in [-0.3, -0.25) is 19.3 Å². The third-order valence-electron chi connectivity index (χ3n) is 2.64. The number of anilines is 1. The van der Waals surface area contributed by atoms with Crippen molar-refractivity contribution in [2.24, 2.45) is 5.73 Å². The smallest absolute Gasteiger partial charge is 0.329 e. The van der Waals surface area contributed by atoms with Gasteiger partial charge in [0.2, 0.25) is 5.91 Å². The Hall–Kier alpha value is -2.42. The molecule has 0 fully saturated rings. The summed E-state index contributed by atoms with van der Waals surface area (Å²) in [5.41, 5.74) is 4.35. The fourth-order valence-corrected chi connectivity index (χ4v) is 1.58. The molecule has 0 aliphatic carbocycles. The van der Waals surface area contributed by atoms with Gasteiger partial charge in [-0.05, 0) is 24.3 Å². The van der Waals surface area contributed by atoms with E-state index in [2.05, 4.69) is 5.32 Å². The summed E-state index contributed by atoms with van der Waals surface area (Å²) < 4.78 is 37.2. The highest BCUT2D eigenvalue weighted by molar-refractivity contribution is 6.41. The van der Waals surface area contributed by atoms with E-state index in [-0.39, 0.29) is 18.8 Å². The van der Waals surface area contributed by atoms with Crippen LogP contribution in [0.3, 0.4) is 0 Å². The van der Waals surface area contributed by atoms with Gasteiger partial charge in [0.25, 0.3) is 0 Å². The molecule has 0 aliphatic heterocycles. The molecular formula is C13H14F3N3O3. The summed E-state index contributed by atoms with van der Waals surface area (Å²) >= 11 is 0. The predicted octanol–water partition coefficient (Wildman–Crippen LogP) is 0.978. The highest BCUT2D eigenvalue weighted by atomic mass is 19.4. The third kappa shape index (κ3) is 4.55. The molecule has 0 saturated carbocycles. The zero-order valence-electron chi connectivity index (χ0n) is 11.6. The maximum Gasteiger partial charge on any atom is 0.416 e. The van der Waals surface area contributed by atoms with E-state index in [1.165, 1.54) is 0 Å². The van der Waals surface area contributed by atoms with Crippen molar-refractivity contribution < 1.29 is 27.6 Å². The lowest BCUT2D eigenvalue weighted by molar-refractivity contribution is -0.149. The highest BCUT2D eigenvalue weighted by Gasteiger charge is 2.30. The Morgan fingerprint density at radius 3 is 2.14 bits per heavy atom. The number of benzene rings is 1. The number of carbonyl (C=O) groups is 3. The van der Waals surface area contributed by atoms with Crippen molar-refractivity contribution in [2.75, 3.05) is 18.4 Å². The Morgan fingerprint density at radius 2 is 1.73 bits per heavy atom. The number of hydrogen-bond acceptors (Lipinski definition) is 4. The van der Waals surface area contributed by atoms with E-state index in [9.17, 15) is 27.6 Å². The van der Waals surface area contributed by atoms with Crippen LogP contribution in [0.25, 0.3) is 0 Å². The molecule has 0 bridgehead atoms. The van der Waals surface area contributed by atoms with Gasteiger partial charge >= 0.3 is 18.0 Å². The summed E-state index contributed by atoms with van der Waals surface area (Å²) in [4.78, 5) is 35.3. The average Bonchev–Trinajstić information content (AvgIpc) is 2.43. The van der Waals surface area contributed by atoms with Crippen molar-refractivity contribution in [3.05, 3.63) is 29.8 Å². The zero-order valence-corrected chi connectivity index (χ0v) is 11.6. The van der Waals surface area contributed by atoms with Gasteiger partial charge in [-0.25, -0.2) is 0 Å². The lowest BCUT2D eigenvalue weighted by Gasteiger charge is -2.17. The number of hydrogen-bond donors (Lipinski definition) is 2. The quantitative estimate of drug-likeness (QED) is 0.813. The van der Waals surface area contributed by atoms with E-state index in [1.807, 2.05) is 0 Å². The maximum absolute atomic E-state index is 12.4. The molecule has 0 unspecified atom stereocenters. The van der Waals surface area contributed by atoms with Crippen LogP contribution in [-0.4, -0.2) is 35.7 Å². The second-order valence-corrected chi connectivity index (χ2v) is 4.29. The molecule has 0 aromatic heterocycles. The fourth-order valence-electron chi connectivity index (χ4n) is 1.58. The number of alkyl halides is 3. The molecule has 22 heavy (non-hydrogen) atoms. The molecule has 1 aromatic rings. The number of nitrogens with zero attached hydrogens (tertiary/aromatic N) is 1. The predicted molar refractivity (Wildman–Crippen MR) is 71.5 cm³/mol. The van der Waals surface area contributed by atoms with Crippen LogP contribution in [-0.2, 0) is 20.6 Å². The largest absolute Gasteiger partial charge is 0.416 e. The van der Waals surface area contributed by atoms with Gasteiger partial charge in [0.15, 0.2) is 0 Å². The van der Waals surface area contributed by atoms with E-state index in [0.717, 1.165) is 31.2 Å². The minimum absolute atomic E-state index is 0.00241. The minimum atomic E-state index is -4.50. The van der Waals surface area contributed by atoms with E-state index in [0.29, 0.717) is 4.90 Å². The molecule has 1 rings (SSSR count). The van der Waals surface area contributed by atoms with Crippen LogP contribution in [0.2, 0.25) is 0 Å². The summed E-state index contributed by atoms with van der Waals surface area (Å²) in [6.07, 6.45) is -4.50. The summed E-state index contributed by atoms with van der Waals surface area (Å²) in [5, 5.41) is 2.12. The standard InChI is InChI=1S/C13H14F3N3O3/c1-8(20)19(7-6-17)12(22)11(21)18-10-4-2-9(3-5-10)13(14,15)16/h2-5H,6-7,17H2,1H3,(H,18,21). The van der Waals surface area contributed by atoms with Crippen LogP contribution >= 0.6 is 0 Å². The molecule has 0 heterocycles. The second kappa shape index (κ2) is 7.03. The number of nitrogens with two attached hydrogens (primary N) is 1. The molecule has 0 atom stereocenters. The van der Waals surface area contributed by atoms with Gasteiger partial charge in [-0.15, -0.1) is 0 Å². The van der Waals surface area contributed by atoms with Crippen LogP contribution in [0.15, 0.2) is 24.3 Å². The van der Waals surface area contributed by atoms with E-state index >= 15 is 0 Å². The van der Waals surface area contributed by atoms with Crippen molar-refractivity contribution in [2.45, 2.75) is 13.1 Å². The molecule has 1 aromatic carbocycles. The molecule has 0 spiro atoms. The van der Waals surface area contributed by atoms with E-state index in [4.69, 9.17) is 5.73 Å². The molecule has 3 amide bonds. The van der Waals surface area contributed by atoms with Crippen molar-refractivity contribution in [1.82, 2.24) is 4.90 Å². The molecule has 0 aliphatic rings. The lowest BCUT2D eigenvalue weighted by Crippen LogP contribution is -2.44. The molecule has 9 heteroatoms. The Kier molecular flexibility index (Phi) is 5.63. The van der Waals surface area contributed by atoms with E-state index < -0.39 is 29.5 Å². The molecule has 6 nitrogen and oxygen atoms in total. The summed E-state index contributed by atoms with van der Waals surface area (Å²) in [6.45, 7) is 0.951. The number of amides is 3. The van der Waals surface area contributed by atoms with Crippen LogP contribution in [0.4, 0.5) is 18.9 Å². The average molecular weight is 317 g/mol. The summed E-state index contributed by atoms with van der Waals surface area (Å²) in [6, 6.07) is 3.55. The van der Waals surface area contributed by atoms with Crippen molar-refractivity contribution >= 4 is 23.4 Å². The Bertz CT molecular complexity index is 570. The van der Waals surface area contributed by atoms with E-state index in [1.54, 1.807) is 0 Å². The number of nitrogens with one attached hydrogen (secondary N) is 1. The fraction of sp³-hybridized carbons (Fsp3) is 0.308. The van der Waals surface area contributed by atoms with Crippen molar-refractivity contribution in [3.63, 3.8) is 0 Å². The first-order chi connectivity index (χ1) is 10.2. The van der Waals surface area contributed by atoms with Crippen molar-refractivity contribution in [1.29, 1.82) is 0 Å². The number of imide groups is 1. The van der Waals surface area contributed by atoms with Crippen LogP contribution in [0, 0.1) is 0 Å². The van der Waals surface area contributed by atoms with Gasteiger partial charge in [0, 0.05) is 25.7 Å². The van der Waals surface area contributed by atoms with Crippen LogP contribution in [0.5, 0.6) is 0 Å². The summed E-state index contributed by atoms with van der Waals surface area (Å²) in [5.74, 6) is -2.92. The lowest BCUT2D eigenvalue weighted by atomic mass is 10.2. The maximum atomic E-state index is 12.4. The molecule has 0 saturated heterocycles. The van der Waals surface area contributed by atoms with Gasteiger partial charge in [-0.1, -0.05) is 0 Å². The van der Waals surface area contributed by atoms with Gasteiger partial charge < -0.3 is 11.1 Å². The number of carbonyl (C=O) groups excluding carboxylic acids is 3. The normalized spacial score (nSPS) is 11.0. The molecular weight excluding hydrogens is 303 g/mol. The van der Waals surface area contributed by atoms with Crippen molar-refractivity contribution in [3.8, 4) is 0 Å². The summed E-state index contributed by atoms with van der Waals surface area (Å²) in [7, 11) is 0. The first-order valence-electron chi connectivity index (χ1n) is 6.17. The highest BCUT2D eigenvalue weighted by Crippen LogP contribution is 2.29. The van der Waals surface area contributed by atoms with Gasteiger partial charge in [-0.2, -0.15) is 13.2 Å². The Morgan fingerprint density at radius 1 is 1.18 bits per heavy atom. The minimum Gasteiger partial charge on any atom is -0.329 e. The second-order valence-electron chi connectivity index (χ2n) is 4.29. The molecule has 120 valence electrons. The Labute approximate surface area is 124 Å². The van der Waals surface area contributed by atoms with Crippen LogP contribution < -0.4 is 11.1 Å². The molecule has 3 N–H and O–H groups in total. The van der Waals surface area contributed by atoms with Crippen LogP contribution in [0.1, 0.15) is 12.5 Å². The Balaban J connectivity index is 2.79. The first-order valence-corrected chi connectivity index (χ1v) is 6.17. The number of halogens is 3. The topological polar surface area (TPSA) is 92.5 Å². The monoisotopic (exact) mass is 317 g/mol.